The second-order valence-corrected chi connectivity index (χ2v) is 6.94. The molecule has 108 valence electrons. The van der Waals surface area contributed by atoms with Crippen LogP contribution in [-0.4, -0.2) is 47.7 Å². The minimum Gasteiger partial charge on any atom is -0.481 e. The van der Waals surface area contributed by atoms with Gasteiger partial charge in [0.1, 0.15) is 0 Å². The Morgan fingerprint density at radius 2 is 1.95 bits per heavy atom. The van der Waals surface area contributed by atoms with E-state index in [9.17, 15) is 9.90 Å². The summed E-state index contributed by atoms with van der Waals surface area (Å²) in [5, 5.41) is 13.2. The first kappa shape index (κ1) is 13.4. The third kappa shape index (κ3) is 2.40. The molecule has 4 nitrogen and oxygen atoms in total. The van der Waals surface area contributed by atoms with E-state index in [1.165, 1.54) is 6.42 Å². The molecule has 0 aromatic rings. The Labute approximate surface area is 115 Å². The highest BCUT2D eigenvalue weighted by Crippen LogP contribution is 2.48. The first-order valence-electron chi connectivity index (χ1n) is 7.75. The number of hydrogen-bond donors (Lipinski definition) is 2. The van der Waals surface area contributed by atoms with Crippen molar-refractivity contribution >= 4 is 5.97 Å². The molecular weight excluding hydrogens is 240 g/mol. The Balaban J connectivity index is 1.64. The highest BCUT2D eigenvalue weighted by atomic mass is 16.4. The summed E-state index contributed by atoms with van der Waals surface area (Å²) in [5.41, 5.74) is 0. The molecule has 0 aromatic carbocycles. The molecule has 2 aliphatic carbocycles. The van der Waals surface area contributed by atoms with E-state index < -0.39 is 5.97 Å². The quantitative estimate of drug-likeness (QED) is 0.814. The maximum absolute atomic E-state index is 11.5. The van der Waals surface area contributed by atoms with Crippen LogP contribution in [0.25, 0.3) is 0 Å². The standard InChI is InChI=1S/C15H26N2O2/c1-9-7-12(5-6-17(9)2)16-14-11-4-3-10(8-11)13(14)15(18)19/h9-14,16H,3-8H2,1-2H3,(H,18,19). The van der Waals surface area contributed by atoms with E-state index in [4.69, 9.17) is 0 Å². The zero-order valence-corrected chi connectivity index (χ0v) is 12.0. The van der Waals surface area contributed by atoms with Gasteiger partial charge in [0, 0.05) is 18.1 Å². The number of rotatable bonds is 3. The van der Waals surface area contributed by atoms with Crippen LogP contribution in [0.4, 0.5) is 0 Å². The molecule has 6 atom stereocenters. The molecule has 0 spiro atoms. The maximum Gasteiger partial charge on any atom is 0.308 e. The molecule has 3 rings (SSSR count). The molecule has 19 heavy (non-hydrogen) atoms. The number of piperidine rings is 1. The van der Waals surface area contributed by atoms with Crippen LogP contribution in [0.1, 0.15) is 39.0 Å². The Hall–Kier alpha value is -0.610. The van der Waals surface area contributed by atoms with Crippen molar-refractivity contribution in [3.63, 3.8) is 0 Å². The molecule has 0 aromatic heterocycles. The van der Waals surface area contributed by atoms with Gasteiger partial charge in [0.2, 0.25) is 0 Å². The molecule has 3 aliphatic rings. The Morgan fingerprint density at radius 3 is 2.63 bits per heavy atom. The monoisotopic (exact) mass is 266 g/mol. The molecule has 3 fully saturated rings. The Bertz CT molecular complexity index is 360. The SMILES string of the molecule is CC1CC(NC2C3CCC(C3)C2C(=O)O)CCN1C. The van der Waals surface area contributed by atoms with Crippen molar-refractivity contribution in [2.24, 2.45) is 17.8 Å². The minimum atomic E-state index is -0.578. The number of fused-ring (bicyclic) bond motifs is 2. The summed E-state index contributed by atoms with van der Waals surface area (Å²) in [6.45, 7) is 3.39. The minimum absolute atomic E-state index is 0.131. The molecule has 4 heteroatoms. The molecule has 0 amide bonds. The fourth-order valence-electron chi connectivity index (χ4n) is 4.60. The molecule has 2 N–H and O–H groups in total. The number of aliphatic carboxylic acids is 1. The lowest BCUT2D eigenvalue weighted by Crippen LogP contribution is -2.53. The van der Waals surface area contributed by atoms with Gasteiger partial charge in [0.05, 0.1) is 5.92 Å². The van der Waals surface area contributed by atoms with Crippen molar-refractivity contribution in [2.75, 3.05) is 13.6 Å². The van der Waals surface area contributed by atoms with E-state index in [1.807, 2.05) is 0 Å². The molecule has 0 radical (unpaired) electrons. The molecule has 2 bridgehead atoms. The predicted molar refractivity (Wildman–Crippen MR) is 74.0 cm³/mol. The number of hydrogen-bond acceptors (Lipinski definition) is 3. The summed E-state index contributed by atoms with van der Waals surface area (Å²) in [6, 6.07) is 1.35. The zero-order valence-electron chi connectivity index (χ0n) is 12.0. The first-order chi connectivity index (χ1) is 9.06. The van der Waals surface area contributed by atoms with E-state index in [0.29, 0.717) is 23.9 Å². The van der Waals surface area contributed by atoms with E-state index in [-0.39, 0.29) is 12.0 Å². The molecule has 1 saturated heterocycles. The fourth-order valence-corrected chi connectivity index (χ4v) is 4.60. The maximum atomic E-state index is 11.5. The Morgan fingerprint density at radius 1 is 1.21 bits per heavy atom. The first-order valence-corrected chi connectivity index (χ1v) is 7.75. The van der Waals surface area contributed by atoms with Crippen LogP contribution in [-0.2, 0) is 4.79 Å². The van der Waals surface area contributed by atoms with Gasteiger partial charge in [0.15, 0.2) is 0 Å². The molecular formula is C15H26N2O2. The number of nitrogens with zero attached hydrogens (tertiary/aromatic N) is 1. The number of likely N-dealkylation sites (tertiary alicyclic amines) is 1. The summed E-state index contributed by atoms with van der Waals surface area (Å²) in [4.78, 5) is 13.9. The van der Waals surface area contributed by atoms with Crippen molar-refractivity contribution in [1.82, 2.24) is 10.2 Å². The lowest BCUT2D eigenvalue weighted by molar-refractivity contribution is -0.144. The number of carbonyl (C=O) groups is 1. The number of carboxylic acids is 1. The van der Waals surface area contributed by atoms with Gasteiger partial charge in [-0.1, -0.05) is 0 Å². The third-order valence-corrected chi connectivity index (χ3v) is 5.84. The Kier molecular flexibility index (Phi) is 3.56. The van der Waals surface area contributed by atoms with Crippen LogP contribution in [0.2, 0.25) is 0 Å². The van der Waals surface area contributed by atoms with Crippen molar-refractivity contribution in [1.29, 1.82) is 0 Å². The lowest BCUT2D eigenvalue weighted by atomic mass is 9.83. The van der Waals surface area contributed by atoms with Gasteiger partial charge >= 0.3 is 5.97 Å². The van der Waals surface area contributed by atoms with E-state index in [1.54, 1.807) is 0 Å². The van der Waals surface area contributed by atoms with Crippen molar-refractivity contribution in [2.45, 2.75) is 57.2 Å². The van der Waals surface area contributed by atoms with Crippen molar-refractivity contribution in [3.8, 4) is 0 Å². The van der Waals surface area contributed by atoms with Crippen LogP contribution >= 0.6 is 0 Å². The zero-order chi connectivity index (χ0) is 13.6. The second kappa shape index (κ2) is 5.06. The van der Waals surface area contributed by atoms with Crippen molar-refractivity contribution < 1.29 is 9.90 Å². The van der Waals surface area contributed by atoms with Crippen LogP contribution in [0.15, 0.2) is 0 Å². The topological polar surface area (TPSA) is 52.6 Å². The van der Waals surface area contributed by atoms with E-state index in [0.717, 1.165) is 32.2 Å². The summed E-state index contributed by atoms with van der Waals surface area (Å²) in [7, 11) is 2.18. The van der Waals surface area contributed by atoms with Gasteiger partial charge in [-0.2, -0.15) is 0 Å². The fraction of sp³-hybridized carbons (Fsp3) is 0.933. The summed E-state index contributed by atoms with van der Waals surface area (Å²) < 4.78 is 0. The van der Waals surface area contributed by atoms with Gasteiger partial charge in [-0.3, -0.25) is 4.79 Å². The average Bonchev–Trinajstić information content (AvgIpc) is 2.94. The van der Waals surface area contributed by atoms with Crippen LogP contribution < -0.4 is 5.32 Å². The van der Waals surface area contributed by atoms with Crippen LogP contribution in [0.5, 0.6) is 0 Å². The number of nitrogens with one attached hydrogen (secondary N) is 1. The molecule has 6 unspecified atom stereocenters. The summed E-state index contributed by atoms with van der Waals surface area (Å²) in [6.07, 6.45) is 5.80. The predicted octanol–water partition coefficient (Wildman–Crippen LogP) is 1.56. The number of carboxylic acid groups (broad SMARTS) is 1. The smallest absolute Gasteiger partial charge is 0.308 e. The second-order valence-electron chi connectivity index (χ2n) is 6.94. The molecule has 1 aliphatic heterocycles. The average molecular weight is 266 g/mol. The summed E-state index contributed by atoms with van der Waals surface area (Å²) in [5.74, 6) is 0.337. The van der Waals surface area contributed by atoms with Crippen molar-refractivity contribution in [3.05, 3.63) is 0 Å². The summed E-state index contributed by atoms with van der Waals surface area (Å²) >= 11 is 0. The van der Waals surface area contributed by atoms with E-state index in [2.05, 4.69) is 24.2 Å². The molecule has 1 heterocycles. The van der Waals surface area contributed by atoms with Crippen LogP contribution in [0.3, 0.4) is 0 Å². The largest absolute Gasteiger partial charge is 0.481 e. The van der Waals surface area contributed by atoms with Gasteiger partial charge in [-0.15, -0.1) is 0 Å². The highest BCUT2D eigenvalue weighted by Gasteiger charge is 2.51. The van der Waals surface area contributed by atoms with Gasteiger partial charge in [-0.05, 0) is 64.5 Å². The van der Waals surface area contributed by atoms with Gasteiger partial charge in [-0.25, -0.2) is 0 Å². The van der Waals surface area contributed by atoms with Gasteiger partial charge in [0.25, 0.3) is 0 Å². The van der Waals surface area contributed by atoms with Gasteiger partial charge < -0.3 is 15.3 Å². The lowest BCUT2D eigenvalue weighted by Gasteiger charge is -2.39. The van der Waals surface area contributed by atoms with Crippen LogP contribution in [0, 0.1) is 17.8 Å². The molecule has 2 saturated carbocycles. The third-order valence-electron chi connectivity index (χ3n) is 5.84. The highest BCUT2D eigenvalue weighted by molar-refractivity contribution is 5.72. The normalized spacial score (nSPS) is 46.6. The van der Waals surface area contributed by atoms with E-state index >= 15 is 0 Å².